The number of likely N-dealkylation sites (N-methyl/N-ethyl adjacent to an activating group) is 2. The van der Waals surface area contributed by atoms with Crippen molar-refractivity contribution in [2.45, 2.75) is 205 Å². The van der Waals surface area contributed by atoms with Crippen LogP contribution in [0.4, 0.5) is 10.5 Å². The Balaban J connectivity index is 0.964. The fourth-order valence-electron chi connectivity index (χ4n) is 17.0. The van der Waals surface area contributed by atoms with E-state index in [-0.39, 0.29) is 125 Å². The summed E-state index contributed by atoms with van der Waals surface area (Å²) in [5, 5.41) is 77.7. The highest BCUT2D eigenvalue weighted by atomic mass is 16.7. The Kier molecular flexibility index (Phi) is 56.8. The van der Waals surface area contributed by atoms with Gasteiger partial charge in [-0.2, -0.15) is 0 Å². The molecule has 0 spiro atoms. The second kappa shape index (κ2) is 66.3. The molecule has 141 heavy (non-hydrogen) atoms. The molecule has 0 radical (unpaired) electrons. The molecule has 798 valence electrons. The lowest BCUT2D eigenvalue weighted by Gasteiger charge is -2.46. The van der Waals surface area contributed by atoms with E-state index >= 15 is 4.79 Å². The number of benzene rings is 2. The van der Waals surface area contributed by atoms with Gasteiger partial charge in [0.05, 0.1) is 188 Å². The first-order valence-corrected chi connectivity index (χ1v) is 49.0. The fraction of sp³-hybridized carbons (Fsp3) is 0.735. The third-order valence-corrected chi connectivity index (χ3v) is 25.3. The van der Waals surface area contributed by atoms with Gasteiger partial charge in [-0.3, -0.25) is 52.8 Å². The maximum atomic E-state index is 15.1. The predicted octanol–water partition coefficient (Wildman–Crippen LogP) is 2.33. The largest absolute Gasteiger partial charge is 0.479 e. The van der Waals surface area contributed by atoms with Gasteiger partial charge in [0.15, 0.2) is 17.4 Å². The number of Topliss-reactive ketones (excluding diaryl/α,β-unsaturated/α-hetero) is 2. The van der Waals surface area contributed by atoms with Gasteiger partial charge in [0, 0.05) is 129 Å². The number of hydrogen-bond acceptors (Lipinski definition) is 34. The van der Waals surface area contributed by atoms with E-state index in [1.807, 2.05) is 32.0 Å². The number of aliphatic hydroxyl groups excluding tert-OH is 5. The van der Waals surface area contributed by atoms with Crippen LogP contribution < -0.4 is 31.3 Å². The summed E-state index contributed by atoms with van der Waals surface area (Å²) in [5.41, 5.74) is -1.05. The number of imide groups is 1. The number of carbonyl (C=O) groups is 12. The molecule has 2 aromatic rings. The lowest BCUT2D eigenvalue weighted by molar-refractivity contribution is -0.271. The van der Waals surface area contributed by atoms with Crippen molar-refractivity contribution in [2.24, 2.45) is 41.4 Å². The van der Waals surface area contributed by atoms with Gasteiger partial charge in [-0.25, -0.2) is 9.59 Å². The summed E-state index contributed by atoms with van der Waals surface area (Å²) < 4.78 is 88.7. The molecule has 3 fully saturated rings. The second-order valence-corrected chi connectivity index (χ2v) is 36.2. The van der Waals surface area contributed by atoms with E-state index < -0.39 is 181 Å². The number of aliphatic hydroxyl groups is 5. The quantitative estimate of drug-likeness (QED) is 0.0334. The number of nitrogens with one attached hydrogen (secondary N) is 5. The van der Waals surface area contributed by atoms with Gasteiger partial charge in [0.1, 0.15) is 42.5 Å². The van der Waals surface area contributed by atoms with Crippen LogP contribution in [0.15, 0.2) is 60.7 Å². The Hall–Kier alpha value is -8.78. The number of methoxy groups -OCH3 is 2. The summed E-state index contributed by atoms with van der Waals surface area (Å²) in [5.74, 6) is -11.3. The van der Waals surface area contributed by atoms with Gasteiger partial charge < -0.3 is 148 Å². The molecular formula is C98H157N9O34. The summed E-state index contributed by atoms with van der Waals surface area (Å²) in [6.45, 7) is 22.8. The number of amides is 9. The molecule has 43 heteroatoms. The standard InChI is InChI=1S/C98H157N9O34/c1-13-66(6)86(79(127-12)59-84(115)106-32-19-23-75(106)72(60-108)68(8)76(109)56-67(7)87(116)70-20-15-14-16-21-70)104(9)93(121)71(64(2)3)58-77(110)85(65(4)5)105(10)97(125)139-61-69-24-25-78(140-95-90(119)88(117)89(118)91(141-95)94(122)123)74(57-69)102-81(112)28-31-101-92(120)73(103-96(124)98(62-99-63-98)107-82(113)26-27-83(107)114)22-17-18-30-100-80(111)29-33-128-36-37-130-40-41-132-44-45-134-48-49-136-52-53-138-55-54-137-51-50-135-47-46-133-43-42-131-39-38-129-35-34-126-11/h14-16,20-21,24-27,57,64-68,71-73,75,79,85-91,95,99,108,116-119H,13,17-19,22-23,28-56,58-63H2,1-12H3,(H,100,111)(H,101,120)(H,102,112)(H,103,124)(H,122,123)/t66-,67-,68+,71-,72+,73-,75-,79+,85-,86-,87+,88-,89-,90+,91-,95+/m0/s1. The van der Waals surface area contributed by atoms with E-state index in [0.29, 0.717) is 170 Å². The number of ether oxygens (including phenoxy) is 16. The topological polar surface area (TPSA) is 547 Å². The van der Waals surface area contributed by atoms with Crippen molar-refractivity contribution in [1.29, 1.82) is 0 Å². The minimum absolute atomic E-state index is 0.0273. The van der Waals surface area contributed by atoms with E-state index in [2.05, 4.69) is 26.6 Å². The first-order chi connectivity index (χ1) is 67.7. The van der Waals surface area contributed by atoms with Crippen LogP contribution in [-0.2, 0) is 130 Å². The molecule has 4 aliphatic heterocycles. The van der Waals surface area contributed by atoms with Crippen LogP contribution >= 0.6 is 0 Å². The molecule has 4 heterocycles. The number of likely N-dealkylation sites (tertiary alicyclic amines) is 1. The van der Waals surface area contributed by atoms with Crippen molar-refractivity contribution >= 4 is 76.6 Å². The molecular weight excluding hydrogens is 1850 g/mol. The van der Waals surface area contributed by atoms with Gasteiger partial charge in [0.25, 0.3) is 11.8 Å². The molecule has 6 rings (SSSR count). The average Bonchev–Trinajstić information content (AvgIpc) is 1.68. The summed E-state index contributed by atoms with van der Waals surface area (Å²) in [6.07, 6.45) is -9.60. The van der Waals surface area contributed by atoms with Gasteiger partial charge in [-0.15, -0.1) is 0 Å². The van der Waals surface area contributed by atoms with Crippen LogP contribution in [0.1, 0.15) is 143 Å². The zero-order valence-corrected chi connectivity index (χ0v) is 84.1. The van der Waals surface area contributed by atoms with Gasteiger partial charge in [-0.1, -0.05) is 98.2 Å². The second-order valence-electron chi connectivity index (χ2n) is 36.2. The number of carboxylic acids is 1. The molecule has 0 saturated carbocycles. The number of carboxylic acid groups (broad SMARTS) is 1. The Labute approximate surface area is 826 Å². The Morgan fingerprint density at radius 3 is 1.63 bits per heavy atom. The number of rotatable bonds is 76. The summed E-state index contributed by atoms with van der Waals surface area (Å²) in [7, 11) is 6.07. The van der Waals surface area contributed by atoms with E-state index in [0.717, 1.165) is 22.0 Å². The van der Waals surface area contributed by atoms with Gasteiger partial charge in [0.2, 0.25) is 41.7 Å². The number of carbonyl (C=O) groups excluding carboxylic acids is 11. The van der Waals surface area contributed by atoms with Crippen LogP contribution in [0, 0.1) is 41.4 Å². The predicted molar refractivity (Wildman–Crippen MR) is 509 cm³/mol. The maximum absolute atomic E-state index is 15.1. The number of hydrogen-bond donors (Lipinski definition) is 11. The molecule has 3 saturated heterocycles. The molecule has 16 atom stereocenters. The van der Waals surface area contributed by atoms with Crippen LogP contribution in [0.5, 0.6) is 5.75 Å². The van der Waals surface area contributed by atoms with Crippen molar-refractivity contribution < 1.29 is 164 Å². The molecule has 9 amide bonds. The third-order valence-electron chi connectivity index (χ3n) is 25.3. The van der Waals surface area contributed by atoms with Crippen LogP contribution in [0.3, 0.4) is 0 Å². The Morgan fingerprint density at radius 1 is 0.603 bits per heavy atom. The monoisotopic (exact) mass is 2000 g/mol. The van der Waals surface area contributed by atoms with Crippen molar-refractivity contribution in [3.8, 4) is 5.75 Å². The first-order valence-electron chi connectivity index (χ1n) is 49.0. The lowest BCUT2D eigenvalue weighted by Crippen LogP contribution is -2.77. The molecule has 43 nitrogen and oxygen atoms in total. The SMILES string of the molecule is CC[C@H](C)[C@@H]([C@@H](CC(=O)N1CCC[C@H]1[C@H](CO)[C@@H](C)C(=O)C[C@H](C)[C@@H](O)c1ccccc1)OC)N(C)C(=O)[C@@H](CC(=O)[C@H](C(C)C)N(C)C(=O)OCc1ccc(O[C@@H]2O[C@H](C(=O)O)[C@@H](O)[C@H](O)[C@H]2O)c(NC(=O)CCNC(=O)[C@H](CCCCNC(=O)CCOCCOCCOCCOCCOCCOCCOCCOCCOCCOCCOCCOC)NC(=O)C2(N3C(=O)C=CC3=O)CNC2)c1)C(C)C. The van der Waals surface area contributed by atoms with E-state index in [9.17, 15) is 83.4 Å². The zero-order valence-electron chi connectivity index (χ0n) is 84.1. The normalized spacial score (nSPS) is 19.5. The van der Waals surface area contributed by atoms with Crippen LogP contribution in [0.2, 0.25) is 0 Å². The molecule has 11 N–H and O–H groups in total. The minimum Gasteiger partial charge on any atom is -0.479 e. The van der Waals surface area contributed by atoms with E-state index in [4.69, 9.17) is 75.8 Å². The molecule has 0 unspecified atom stereocenters. The Morgan fingerprint density at radius 2 is 1.14 bits per heavy atom. The van der Waals surface area contributed by atoms with E-state index in [1.54, 1.807) is 77.6 Å². The number of nitrogens with zero attached hydrogens (tertiary/aromatic N) is 4. The maximum Gasteiger partial charge on any atom is 0.410 e. The highest BCUT2D eigenvalue weighted by Crippen LogP contribution is 2.37. The van der Waals surface area contributed by atoms with Crippen LogP contribution in [-0.4, -0.2) is 407 Å². The van der Waals surface area contributed by atoms with Gasteiger partial charge >= 0.3 is 12.1 Å². The third kappa shape index (κ3) is 40.3. The van der Waals surface area contributed by atoms with Crippen molar-refractivity contribution in [3.05, 3.63) is 71.8 Å². The summed E-state index contributed by atoms with van der Waals surface area (Å²) in [4.78, 5) is 171. The zero-order chi connectivity index (χ0) is 103. The van der Waals surface area contributed by atoms with E-state index in [1.165, 1.54) is 32.4 Å². The van der Waals surface area contributed by atoms with Crippen molar-refractivity contribution in [1.82, 2.24) is 40.9 Å². The summed E-state index contributed by atoms with van der Waals surface area (Å²) >= 11 is 0. The molecule has 0 aliphatic carbocycles. The van der Waals surface area contributed by atoms with Crippen molar-refractivity contribution in [3.63, 3.8) is 0 Å². The number of aliphatic carboxylic acids is 1. The number of ketones is 2. The molecule has 0 aromatic heterocycles. The fourth-order valence-corrected chi connectivity index (χ4v) is 17.0. The lowest BCUT2D eigenvalue weighted by atomic mass is 9.80. The Bertz CT molecular complexity index is 4100. The summed E-state index contributed by atoms with van der Waals surface area (Å²) in [6, 6.07) is 9.31. The minimum atomic E-state index is -2.10. The van der Waals surface area contributed by atoms with Crippen molar-refractivity contribution in [2.75, 3.05) is 225 Å². The number of anilines is 1. The van der Waals surface area contributed by atoms with Crippen LogP contribution in [0.25, 0.3) is 0 Å². The highest BCUT2D eigenvalue weighted by Gasteiger charge is 2.56. The average molecular weight is 2010 g/mol. The molecule has 0 bridgehead atoms. The smallest absolute Gasteiger partial charge is 0.410 e. The molecule has 4 aliphatic rings. The molecule has 2 aromatic carbocycles. The number of unbranched alkanes of at least 4 members (excludes halogenated alkanes) is 1. The van der Waals surface area contributed by atoms with Gasteiger partial charge in [-0.05, 0) is 79.0 Å². The highest BCUT2D eigenvalue weighted by molar-refractivity contribution is 6.16. The first kappa shape index (κ1) is 121.